The SMILES string of the molecule is CCCS(=O)(=O)N1CCC(c2ccc3c(c2)CC(C2CCN(C(=O)OC(C)C)CC2)O3)CC1. The first-order valence-electron chi connectivity index (χ1n) is 12.5. The Morgan fingerprint density at radius 3 is 2.45 bits per heavy atom. The molecule has 0 N–H and O–H groups in total. The maximum atomic E-state index is 12.4. The maximum absolute atomic E-state index is 12.4. The van der Waals surface area contributed by atoms with Crippen LogP contribution in [-0.2, 0) is 21.2 Å². The number of ether oxygens (including phenoxy) is 2. The second-order valence-corrected chi connectivity index (χ2v) is 12.1. The third-order valence-electron chi connectivity index (χ3n) is 7.22. The normalized spacial score (nSPS) is 22.9. The van der Waals surface area contributed by atoms with E-state index in [1.807, 2.05) is 25.7 Å². The summed E-state index contributed by atoms with van der Waals surface area (Å²) in [6.07, 6.45) is 5.05. The van der Waals surface area contributed by atoms with Crippen LogP contribution in [0.15, 0.2) is 18.2 Å². The van der Waals surface area contributed by atoms with Crippen LogP contribution >= 0.6 is 0 Å². The second-order valence-electron chi connectivity index (χ2n) is 9.97. The van der Waals surface area contributed by atoms with Gasteiger partial charge in [0.15, 0.2) is 0 Å². The van der Waals surface area contributed by atoms with E-state index in [2.05, 4.69) is 18.2 Å². The summed E-state index contributed by atoms with van der Waals surface area (Å²) in [6.45, 7) is 8.32. The number of benzene rings is 1. The van der Waals surface area contributed by atoms with Crippen LogP contribution in [-0.4, -0.2) is 67.9 Å². The lowest BCUT2D eigenvalue weighted by Gasteiger charge is -2.34. The molecule has 2 saturated heterocycles. The van der Waals surface area contributed by atoms with Crippen LogP contribution in [0.2, 0.25) is 0 Å². The van der Waals surface area contributed by atoms with E-state index in [1.54, 1.807) is 4.31 Å². The number of sulfonamides is 1. The van der Waals surface area contributed by atoms with Crippen molar-refractivity contribution in [2.24, 2.45) is 5.92 Å². The van der Waals surface area contributed by atoms with Crippen molar-refractivity contribution in [3.05, 3.63) is 29.3 Å². The zero-order valence-electron chi connectivity index (χ0n) is 20.2. The number of likely N-dealkylation sites (tertiary alicyclic amines) is 1. The molecule has 0 saturated carbocycles. The van der Waals surface area contributed by atoms with Crippen molar-refractivity contribution in [3.63, 3.8) is 0 Å². The van der Waals surface area contributed by atoms with Gasteiger partial charge in [0, 0.05) is 32.6 Å². The van der Waals surface area contributed by atoms with Gasteiger partial charge < -0.3 is 14.4 Å². The molecule has 4 rings (SSSR count). The van der Waals surface area contributed by atoms with Gasteiger partial charge in [-0.15, -0.1) is 0 Å². The number of piperidine rings is 2. The summed E-state index contributed by atoms with van der Waals surface area (Å²) in [5.74, 6) is 2.06. The van der Waals surface area contributed by atoms with E-state index >= 15 is 0 Å². The average molecular weight is 479 g/mol. The van der Waals surface area contributed by atoms with Gasteiger partial charge in [-0.1, -0.05) is 19.1 Å². The van der Waals surface area contributed by atoms with E-state index in [-0.39, 0.29) is 24.1 Å². The van der Waals surface area contributed by atoms with Crippen molar-refractivity contribution in [1.82, 2.24) is 9.21 Å². The number of carbonyl (C=O) groups excluding carboxylic acids is 1. The predicted octanol–water partition coefficient (Wildman–Crippen LogP) is 4.17. The van der Waals surface area contributed by atoms with Crippen LogP contribution < -0.4 is 4.74 Å². The highest BCUT2D eigenvalue weighted by atomic mass is 32.2. The zero-order chi connectivity index (χ0) is 23.6. The van der Waals surface area contributed by atoms with Crippen LogP contribution in [0.1, 0.15) is 69.9 Å². The lowest BCUT2D eigenvalue weighted by Crippen LogP contribution is -2.43. The van der Waals surface area contributed by atoms with Crippen LogP contribution in [0.5, 0.6) is 5.75 Å². The number of carbonyl (C=O) groups is 1. The minimum Gasteiger partial charge on any atom is -0.490 e. The highest BCUT2D eigenvalue weighted by molar-refractivity contribution is 7.89. The minimum atomic E-state index is -3.10. The highest BCUT2D eigenvalue weighted by Gasteiger charge is 2.35. The van der Waals surface area contributed by atoms with Gasteiger partial charge in [0.1, 0.15) is 11.9 Å². The van der Waals surface area contributed by atoms with E-state index in [4.69, 9.17) is 9.47 Å². The van der Waals surface area contributed by atoms with E-state index in [1.165, 1.54) is 11.1 Å². The molecule has 2 fully saturated rings. The first-order valence-corrected chi connectivity index (χ1v) is 14.1. The number of hydrogen-bond donors (Lipinski definition) is 0. The van der Waals surface area contributed by atoms with Crippen LogP contribution in [0.4, 0.5) is 4.79 Å². The lowest BCUT2D eigenvalue weighted by molar-refractivity contribution is 0.0503. The Balaban J connectivity index is 1.30. The summed E-state index contributed by atoms with van der Waals surface area (Å²) >= 11 is 0. The van der Waals surface area contributed by atoms with E-state index in [0.717, 1.165) is 50.9 Å². The molecular formula is C25H38N2O5S. The van der Waals surface area contributed by atoms with Crippen molar-refractivity contribution in [3.8, 4) is 5.75 Å². The molecule has 1 atom stereocenters. The fourth-order valence-corrected chi connectivity index (χ4v) is 6.94. The Bertz CT molecular complexity index is 932. The molecule has 7 nitrogen and oxygen atoms in total. The van der Waals surface area contributed by atoms with Gasteiger partial charge in [0.05, 0.1) is 11.9 Å². The maximum Gasteiger partial charge on any atom is 0.410 e. The second kappa shape index (κ2) is 10.2. The van der Waals surface area contributed by atoms with Crippen LogP contribution in [0, 0.1) is 5.92 Å². The molecular weight excluding hydrogens is 440 g/mol. The topological polar surface area (TPSA) is 76.2 Å². The standard InChI is InChI=1S/C25H38N2O5S/c1-4-15-33(29,30)27-13-9-19(10-14-27)21-5-6-23-22(16-21)17-24(32-23)20-7-11-26(12-8-20)25(28)31-18(2)3/h5-6,16,18-20,24H,4,7-15,17H2,1-3H3. The molecule has 3 heterocycles. The van der Waals surface area contributed by atoms with Crippen molar-refractivity contribution in [2.75, 3.05) is 31.9 Å². The summed E-state index contributed by atoms with van der Waals surface area (Å²) in [7, 11) is -3.10. The molecule has 0 aromatic heterocycles. The third-order valence-corrected chi connectivity index (χ3v) is 9.30. The number of hydrogen-bond acceptors (Lipinski definition) is 5. The van der Waals surface area contributed by atoms with E-state index in [0.29, 0.717) is 31.3 Å². The van der Waals surface area contributed by atoms with Gasteiger partial charge in [0.25, 0.3) is 0 Å². The van der Waals surface area contributed by atoms with Crippen molar-refractivity contribution >= 4 is 16.1 Å². The fourth-order valence-electron chi connectivity index (χ4n) is 5.40. The van der Waals surface area contributed by atoms with Crippen molar-refractivity contribution in [1.29, 1.82) is 0 Å². The van der Waals surface area contributed by atoms with Crippen molar-refractivity contribution in [2.45, 2.75) is 77.4 Å². The Kier molecular flexibility index (Phi) is 7.53. The van der Waals surface area contributed by atoms with Gasteiger partial charge in [-0.2, -0.15) is 0 Å². The third kappa shape index (κ3) is 5.65. The molecule has 1 unspecified atom stereocenters. The number of nitrogens with zero attached hydrogens (tertiary/aromatic N) is 2. The molecule has 0 radical (unpaired) electrons. The van der Waals surface area contributed by atoms with Gasteiger partial charge in [-0.3, -0.25) is 0 Å². The van der Waals surface area contributed by atoms with Crippen molar-refractivity contribution < 1.29 is 22.7 Å². The molecule has 1 aromatic rings. The van der Waals surface area contributed by atoms with E-state index in [9.17, 15) is 13.2 Å². The minimum absolute atomic E-state index is 0.0925. The predicted molar refractivity (Wildman–Crippen MR) is 128 cm³/mol. The number of amides is 1. The zero-order valence-corrected chi connectivity index (χ0v) is 21.0. The average Bonchev–Trinajstić information content (AvgIpc) is 3.22. The molecule has 3 aliphatic heterocycles. The smallest absolute Gasteiger partial charge is 0.410 e. The molecule has 0 spiro atoms. The molecule has 0 aliphatic carbocycles. The molecule has 0 bridgehead atoms. The van der Waals surface area contributed by atoms with Gasteiger partial charge >= 0.3 is 6.09 Å². The molecule has 33 heavy (non-hydrogen) atoms. The Labute approximate surface area is 198 Å². The fraction of sp³-hybridized carbons (Fsp3) is 0.720. The monoisotopic (exact) mass is 478 g/mol. The van der Waals surface area contributed by atoms with Crippen LogP contribution in [0.3, 0.4) is 0 Å². The Morgan fingerprint density at radius 2 is 1.82 bits per heavy atom. The summed E-state index contributed by atoms with van der Waals surface area (Å²) in [4.78, 5) is 14.0. The first kappa shape index (κ1) is 24.3. The first-order chi connectivity index (χ1) is 15.8. The molecule has 184 valence electrons. The lowest BCUT2D eigenvalue weighted by atomic mass is 9.87. The number of rotatable bonds is 6. The Hall–Kier alpha value is -1.80. The summed E-state index contributed by atoms with van der Waals surface area (Å²) in [5, 5.41) is 0. The molecule has 3 aliphatic rings. The highest BCUT2D eigenvalue weighted by Crippen LogP contribution is 2.38. The molecule has 1 amide bonds. The summed E-state index contributed by atoms with van der Waals surface area (Å²) in [6, 6.07) is 6.54. The molecule has 8 heteroatoms. The summed E-state index contributed by atoms with van der Waals surface area (Å²) < 4.78 is 38.0. The number of fused-ring (bicyclic) bond motifs is 1. The Morgan fingerprint density at radius 1 is 1.12 bits per heavy atom. The largest absolute Gasteiger partial charge is 0.490 e. The quantitative estimate of drug-likeness (QED) is 0.613. The van der Waals surface area contributed by atoms with Crippen LogP contribution in [0.25, 0.3) is 0 Å². The van der Waals surface area contributed by atoms with Gasteiger partial charge in [-0.05, 0) is 75.0 Å². The molecule has 1 aromatic carbocycles. The van der Waals surface area contributed by atoms with Gasteiger partial charge in [-0.25, -0.2) is 17.5 Å². The van der Waals surface area contributed by atoms with Gasteiger partial charge in [0.2, 0.25) is 10.0 Å². The summed E-state index contributed by atoms with van der Waals surface area (Å²) in [5.41, 5.74) is 2.57. The van der Waals surface area contributed by atoms with E-state index < -0.39 is 10.0 Å².